The molecule has 0 aliphatic carbocycles. The molecule has 134 valence electrons. The maximum Gasteiger partial charge on any atom is 0.406 e. The van der Waals surface area contributed by atoms with Gasteiger partial charge in [0, 0.05) is 19.5 Å². The van der Waals surface area contributed by atoms with Gasteiger partial charge in [0.25, 0.3) is 0 Å². The fourth-order valence-electron chi connectivity index (χ4n) is 2.72. The molecule has 2 rings (SSSR count). The van der Waals surface area contributed by atoms with Gasteiger partial charge in [-0.3, -0.25) is 9.59 Å². The standard InChI is InChI=1S/C15H20F3N3O2S/c1-20(2)12(10-3-4-24-8-10)6-19-14(23)11-5-13(22)21(7-11)9-15(16,17)18/h3-4,8,11-12H,5-7,9H2,1-2H3,(H,19,23). The molecule has 0 bridgehead atoms. The Kier molecular flexibility index (Phi) is 5.87. The zero-order valence-corrected chi connectivity index (χ0v) is 14.3. The predicted octanol–water partition coefficient (Wildman–Crippen LogP) is 1.88. The van der Waals surface area contributed by atoms with Gasteiger partial charge in [-0.15, -0.1) is 0 Å². The minimum atomic E-state index is -4.45. The first-order valence-electron chi connectivity index (χ1n) is 7.48. The fourth-order valence-corrected chi connectivity index (χ4v) is 3.43. The SMILES string of the molecule is CN(C)C(CNC(=O)C1CC(=O)N(CC(F)(F)F)C1)c1ccsc1. The Balaban J connectivity index is 1.90. The molecular weight excluding hydrogens is 343 g/mol. The zero-order valence-electron chi connectivity index (χ0n) is 13.5. The lowest BCUT2D eigenvalue weighted by Crippen LogP contribution is -2.39. The Bertz CT molecular complexity index is 575. The van der Waals surface area contributed by atoms with Crippen LogP contribution < -0.4 is 5.32 Å². The first-order valence-corrected chi connectivity index (χ1v) is 8.42. The van der Waals surface area contributed by atoms with Gasteiger partial charge in [-0.05, 0) is 36.5 Å². The van der Waals surface area contributed by atoms with Gasteiger partial charge in [-0.25, -0.2) is 0 Å². The summed E-state index contributed by atoms with van der Waals surface area (Å²) in [4.78, 5) is 26.5. The number of likely N-dealkylation sites (tertiary alicyclic amines) is 1. The molecule has 24 heavy (non-hydrogen) atoms. The van der Waals surface area contributed by atoms with Crippen molar-refractivity contribution in [2.24, 2.45) is 5.92 Å². The summed E-state index contributed by atoms with van der Waals surface area (Å²) in [6, 6.07) is 1.94. The summed E-state index contributed by atoms with van der Waals surface area (Å²) in [5, 5.41) is 6.69. The third-order valence-corrected chi connectivity index (χ3v) is 4.68. The van der Waals surface area contributed by atoms with Gasteiger partial charge < -0.3 is 15.1 Å². The largest absolute Gasteiger partial charge is 0.406 e. The van der Waals surface area contributed by atoms with E-state index in [4.69, 9.17) is 0 Å². The molecule has 0 aromatic carbocycles. The fraction of sp³-hybridized carbons (Fsp3) is 0.600. The number of hydrogen-bond acceptors (Lipinski definition) is 4. The van der Waals surface area contributed by atoms with E-state index >= 15 is 0 Å². The lowest BCUT2D eigenvalue weighted by atomic mass is 10.1. The molecule has 1 aromatic heterocycles. The molecular formula is C15H20F3N3O2S. The number of nitrogens with one attached hydrogen (secondary N) is 1. The van der Waals surface area contributed by atoms with Gasteiger partial charge in [-0.1, -0.05) is 0 Å². The molecule has 1 aromatic rings. The smallest absolute Gasteiger partial charge is 0.354 e. The van der Waals surface area contributed by atoms with Crippen LogP contribution in [-0.4, -0.2) is 61.5 Å². The number of hydrogen-bond donors (Lipinski definition) is 1. The van der Waals surface area contributed by atoms with Gasteiger partial charge >= 0.3 is 6.18 Å². The number of halogens is 3. The highest BCUT2D eigenvalue weighted by atomic mass is 32.1. The molecule has 1 aliphatic heterocycles. The molecule has 2 amide bonds. The van der Waals surface area contributed by atoms with Gasteiger partial charge in [0.1, 0.15) is 6.54 Å². The van der Waals surface area contributed by atoms with Crippen LogP contribution >= 0.6 is 11.3 Å². The number of likely N-dealkylation sites (N-methyl/N-ethyl adjacent to an activating group) is 1. The van der Waals surface area contributed by atoms with Crippen LogP contribution in [-0.2, 0) is 9.59 Å². The van der Waals surface area contributed by atoms with Crippen molar-refractivity contribution < 1.29 is 22.8 Å². The van der Waals surface area contributed by atoms with E-state index in [1.807, 2.05) is 35.8 Å². The highest BCUT2D eigenvalue weighted by Gasteiger charge is 2.40. The Morgan fingerprint density at radius 3 is 2.75 bits per heavy atom. The molecule has 2 unspecified atom stereocenters. The molecule has 0 radical (unpaired) electrons. The molecule has 1 N–H and O–H groups in total. The first-order chi connectivity index (χ1) is 11.2. The van der Waals surface area contributed by atoms with E-state index < -0.39 is 24.5 Å². The minimum absolute atomic E-state index is 0.0245. The van der Waals surface area contributed by atoms with E-state index in [2.05, 4.69) is 5.32 Å². The number of alkyl halides is 3. The van der Waals surface area contributed by atoms with E-state index in [9.17, 15) is 22.8 Å². The Hall–Kier alpha value is -1.61. The van der Waals surface area contributed by atoms with Crippen LogP contribution in [0.4, 0.5) is 13.2 Å². The van der Waals surface area contributed by atoms with Crippen LogP contribution in [0.25, 0.3) is 0 Å². The van der Waals surface area contributed by atoms with Gasteiger partial charge in [0.15, 0.2) is 0 Å². The topological polar surface area (TPSA) is 52.7 Å². The van der Waals surface area contributed by atoms with Crippen molar-refractivity contribution >= 4 is 23.2 Å². The number of carbonyl (C=O) groups excluding carboxylic acids is 2. The van der Waals surface area contributed by atoms with Crippen molar-refractivity contribution in [3.63, 3.8) is 0 Å². The minimum Gasteiger partial charge on any atom is -0.354 e. The second kappa shape index (κ2) is 7.52. The number of rotatable bonds is 6. The summed E-state index contributed by atoms with van der Waals surface area (Å²) in [6.45, 7) is -1.15. The molecule has 0 saturated carbocycles. The van der Waals surface area contributed by atoms with E-state index in [1.165, 1.54) is 0 Å². The average molecular weight is 363 g/mol. The molecule has 1 saturated heterocycles. The predicted molar refractivity (Wildman–Crippen MR) is 84.5 cm³/mol. The number of carbonyl (C=O) groups is 2. The van der Waals surface area contributed by atoms with Crippen LogP contribution in [0.2, 0.25) is 0 Å². The zero-order chi connectivity index (χ0) is 17.9. The lowest BCUT2D eigenvalue weighted by molar-refractivity contribution is -0.157. The van der Waals surface area contributed by atoms with Crippen molar-refractivity contribution in [2.75, 3.05) is 33.7 Å². The highest BCUT2D eigenvalue weighted by Crippen LogP contribution is 2.24. The lowest BCUT2D eigenvalue weighted by Gasteiger charge is -2.24. The summed E-state index contributed by atoms with van der Waals surface area (Å²) in [5.41, 5.74) is 1.06. The molecule has 2 heterocycles. The maximum absolute atomic E-state index is 12.4. The summed E-state index contributed by atoms with van der Waals surface area (Å²) in [6.07, 6.45) is -4.62. The van der Waals surface area contributed by atoms with Crippen molar-refractivity contribution in [3.8, 4) is 0 Å². The van der Waals surface area contributed by atoms with Crippen LogP contribution in [0.1, 0.15) is 18.0 Å². The third kappa shape index (κ3) is 4.94. The van der Waals surface area contributed by atoms with Crippen LogP contribution in [0.5, 0.6) is 0 Å². The summed E-state index contributed by atoms with van der Waals surface area (Å²) in [5.74, 6) is -1.74. The van der Waals surface area contributed by atoms with Gasteiger partial charge in [0.05, 0.1) is 12.0 Å². The molecule has 1 aliphatic rings. The van der Waals surface area contributed by atoms with Crippen molar-refractivity contribution in [1.82, 2.24) is 15.1 Å². The normalized spacial score (nSPS) is 19.8. The number of thiophene rings is 1. The Morgan fingerprint density at radius 1 is 1.50 bits per heavy atom. The first kappa shape index (κ1) is 18.7. The highest BCUT2D eigenvalue weighted by molar-refractivity contribution is 7.07. The van der Waals surface area contributed by atoms with Crippen LogP contribution in [0.3, 0.4) is 0 Å². The third-order valence-electron chi connectivity index (χ3n) is 3.98. The van der Waals surface area contributed by atoms with Crippen LogP contribution in [0, 0.1) is 5.92 Å². The van der Waals surface area contributed by atoms with E-state index in [1.54, 1.807) is 11.3 Å². The Labute approximate surface area is 142 Å². The molecule has 5 nitrogen and oxygen atoms in total. The monoisotopic (exact) mass is 363 g/mol. The molecule has 0 spiro atoms. The molecule has 2 atom stereocenters. The van der Waals surface area contributed by atoms with E-state index in [0.717, 1.165) is 5.56 Å². The van der Waals surface area contributed by atoms with Crippen molar-refractivity contribution in [2.45, 2.75) is 18.6 Å². The number of nitrogens with zero attached hydrogens (tertiary/aromatic N) is 2. The van der Waals surface area contributed by atoms with E-state index in [0.29, 0.717) is 11.4 Å². The maximum atomic E-state index is 12.4. The number of amides is 2. The van der Waals surface area contributed by atoms with Crippen molar-refractivity contribution in [3.05, 3.63) is 22.4 Å². The molecule has 1 fully saturated rings. The summed E-state index contributed by atoms with van der Waals surface area (Å²) >= 11 is 1.55. The average Bonchev–Trinajstić information content (AvgIpc) is 3.08. The van der Waals surface area contributed by atoms with Gasteiger partial charge in [-0.2, -0.15) is 24.5 Å². The second-order valence-electron chi connectivity index (χ2n) is 6.07. The molecule has 9 heteroatoms. The quantitative estimate of drug-likeness (QED) is 0.840. The van der Waals surface area contributed by atoms with Crippen molar-refractivity contribution in [1.29, 1.82) is 0 Å². The van der Waals surface area contributed by atoms with Crippen LogP contribution in [0.15, 0.2) is 16.8 Å². The Morgan fingerprint density at radius 2 is 2.21 bits per heavy atom. The summed E-state index contributed by atoms with van der Waals surface area (Å²) in [7, 11) is 3.78. The van der Waals surface area contributed by atoms with E-state index in [-0.39, 0.29) is 24.9 Å². The second-order valence-corrected chi connectivity index (χ2v) is 6.85. The van der Waals surface area contributed by atoms with Gasteiger partial charge in [0.2, 0.25) is 11.8 Å². The summed E-state index contributed by atoms with van der Waals surface area (Å²) < 4.78 is 37.2.